The number of aromatic nitrogens is 3. The van der Waals surface area contributed by atoms with Crippen molar-refractivity contribution in [1.82, 2.24) is 25.4 Å². The van der Waals surface area contributed by atoms with Crippen LogP contribution >= 0.6 is 0 Å². The Balaban J connectivity index is 1.14. The van der Waals surface area contributed by atoms with E-state index in [0.29, 0.717) is 30.4 Å². The monoisotopic (exact) mass is 630 g/mol. The lowest BCUT2D eigenvalue weighted by Crippen LogP contribution is -2.54. The Kier molecular flexibility index (Phi) is 8.93. The molecule has 6 rings (SSSR count). The van der Waals surface area contributed by atoms with Gasteiger partial charge in [-0.2, -0.15) is 4.98 Å². The standard InChI is InChI=1S/C34H43FN8O3/c1-20-28(38-32(45)26-13-8-23(19-27(26)35)34(2,3)46)5-4-16-43(20)33-39-31(29(30(36)44)40-41-33)37-24-9-6-21(7-10-24)22-14-17-42(18-15-22)25-11-12-25/h6-10,13,19-20,22,25,28,46H,4-5,11-12,14-18H2,1-3H3,(H2,36,44)(H,38,45)(H,37,39,41)/t20-,28-/m1/s1. The highest BCUT2D eigenvalue weighted by Gasteiger charge is 2.34. The summed E-state index contributed by atoms with van der Waals surface area (Å²) in [5.74, 6) is -0.956. The maximum Gasteiger partial charge on any atom is 0.273 e. The fourth-order valence-electron chi connectivity index (χ4n) is 6.65. The Morgan fingerprint density at radius 1 is 1.00 bits per heavy atom. The molecule has 1 aliphatic carbocycles. The van der Waals surface area contributed by atoms with E-state index in [1.54, 1.807) is 19.9 Å². The fourth-order valence-corrected chi connectivity index (χ4v) is 6.65. The van der Waals surface area contributed by atoms with Crippen LogP contribution in [0.15, 0.2) is 42.5 Å². The molecule has 5 N–H and O–H groups in total. The first-order chi connectivity index (χ1) is 22.0. The Hall–Kier alpha value is -4.16. The molecule has 11 nitrogen and oxygen atoms in total. The molecule has 3 heterocycles. The summed E-state index contributed by atoms with van der Waals surface area (Å²) >= 11 is 0. The molecule has 1 aromatic heterocycles. The van der Waals surface area contributed by atoms with Crippen LogP contribution in [0.1, 0.15) is 97.2 Å². The number of rotatable bonds is 9. The Morgan fingerprint density at radius 2 is 1.72 bits per heavy atom. The molecule has 3 aliphatic rings. The number of anilines is 3. The van der Waals surface area contributed by atoms with Crippen molar-refractivity contribution in [3.05, 3.63) is 70.7 Å². The number of benzene rings is 2. The molecule has 2 atom stereocenters. The molecule has 0 spiro atoms. The highest BCUT2D eigenvalue weighted by molar-refractivity contribution is 5.96. The van der Waals surface area contributed by atoms with Crippen LogP contribution in [-0.4, -0.2) is 74.8 Å². The third-order valence-electron chi connectivity index (χ3n) is 9.63. The van der Waals surface area contributed by atoms with Crippen LogP contribution in [-0.2, 0) is 5.60 Å². The van der Waals surface area contributed by atoms with E-state index >= 15 is 0 Å². The van der Waals surface area contributed by atoms with Gasteiger partial charge in [-0.25, -0.2) is 4.39 Å². The first kappa shape index (κ1) is 31.8. The van der Waals surface area contributed by atoms with Gasteiger partial charge in [0.25, 0.3) is 11.8 Å². The molecule has 2 saturated heterocycles. The summed E-state index contributed by atoms with van der Waals surface area (Å²) in [5.41, 5.74) is 6.68. The lowest BCUT2D eigenvalue weighted by atomic mass is 9.89. The van der Waals surface area contributed by atoms with Crippen LogP contribution in [0.5, 0.6) is 0 Å². The van der Waals surface area contributed by atoms with Gasteiger partial charge in [0.05, 0.1) is 11.2 Å². The molecule has 0 radical (unpaired) electrons. The van der Waals surface area contributed by atoms with E-state index in [1.165, 1.54) is 30.5 Å². The topological polar surface area (TPSA) is 150 Å². The summed E-state index contributed by atoms with van der Waals surface area (Å²) < 4.78 is 14.9. The maximum absolute atomic E-state index is 14.9. The maximum atomic E-state index is 14.9. The molecule has 2 aliphatic heterocycles. The van der Waals surface area contributed by atoms with E-state index in [1.807, 2.05) is 24.0 Å². The minimum atomic E-state index is -1.23. The number of amides is 2. The SMILES string of the molecule is C[C@@H]1[C@H](NC(=O)c2ccc(C(C)(C)O)cc2F)CCCN1c1nnc(C(N)=O)c(Nc2ccc(C3CCN(C4CC4)CC3)cc2)n1. The number of aliphatic hydroxyl groups is 1. The van der Waals surface area contributed by atoms with Gasteiger partial charge in [-0.15, -0.1) is 10.2 Å². The molecule has 0 unspecified atom stereocenters. The number of nitrogens with one attached hydrogen (secondary N) is 2. The number of hydrogen-bond acceptors (Lipinski definition) is 9. The highest BCUT2D eigenvalue weighted by atomic mass is 19.1. The number of carbonyl (C=O) groups is 2. The number of nitrogens with zero attached hydrogens (tertiary/aromatic N) is 5. The number of nitrogens with two attached hydrogens (primary N) is 1. The zero-order chi connectivity index (χ0) is 32.6. The summed E-state index contributed by atoms with van der Waals surface area (Å²) in [5, 5.41) is 24.7. The minimum absolute atomic E-state index is 0.0697. The molecule has 12 heteroatoms. The first-order valence-corrected chi connectivity index (χ1v) is 16.2. The second kappa shape index (κ2) is 12.9. The third-order valence-corrected chi connectivity index (χ3v) is 9.63. The zero-order valence-corrected chi connectivity index (χ0v) is 26.7. The summed E-state index contributed by atoms with van der Waals surface area (Å²) in [6.07, 6.45) is 6.40. The highest BCUT2D eigenvalue weighted by Crippen LogP contribution is 2.35. The number of carbonyl (C=O) groups excluding carboxylic acids is 2. The van der Waals surface area contributed by atoms with Crippen molar-refractivity contribution in [2.24, 2.45) is 5.73 Å². The number of likely N-dealkylation sites (tertiary alicyclic amines) is 1. The fraction of sp³-hybridized carbons (Fsp3) is 0.500. The van der Waals surface area contributed by atoms with Gasteiger partial charge in [0, 0.05) is 30.4 Å². The molecule has 3 fully saturated rings. The molecule has 1 saturated carbocycles. The van der Waals surface area contributed by atoms with Crippen molar-refractivity contribution in [2.45, 2.75) is 88.9 Å². The van der Waals surface area contributed by atoms with Gasteiger partial charge in [-0.1, -0.05) is 18.2 Å². The lowest BCUT2D eigenvalue weighted by Gasteiger charge is -2.39. The van der Waals surface area contributed by atoms with Crippen LogP contribution in [0.25, 0.3) is 0 Å². The average Bonchev–Trinajstić information content (AvgIpc) is 3.88. The minimum Gasteiger partial charge on any atom is -0.386 e. The van der Waals surface area contributed by atoms with Crippen LogP contribution < -0.4 is 21.3 Å². The van der Waals surface area contributed by atoms with Crippen LogP contribution in [0, 0.1) is 5.82 Å². The van der Waals surface area contributed by atoms with Gasteiger partial charge >= 0.3 is 0 Å². The quantitative estimate of drug-likeness (QED) is 0.273. The first-order valence-electron chi connectivity index (χ1n) is 16.2. The van der Waals surface area contributed by atoms with Crippen molar-refractivity contribution in [2.75, 3.05) is 29.9 Å². The smallest absolute Gasteiger partial charge is 0.273 e. The second-order valence-corrected chi connectivity index (χ2v) is 13.4. The van der Waals surface area contributed by atoms with E-state index in [4.69, 9.17) is 5.73 Å². The number of halogens is 1. The Morgan fingerprint density at radius 3 is 2.35 bits per heavy atom. The van der Waals surface area contributed by atoms with E-state index < -0.39 is 23.2 Å². The molecule has 244 valence electrons. The number of piperidine rings is 2. The Bertz CT molecular complexity index is 1580. The van der Waals surface area contributed by atoms with Crippen molar-refractivity contribution < 1.29 is 19.1 Å². The number of primary amides is 1. The predicted octanol–water partition coefficient (Wildman–Crippen LogP) is 4.21. The largest absolute Gasteiger partial charge is 0.386 e. The van der Waals surface area contributed by atoms with Crippen LogP contribution in [0.3, 0.4) is 0 Å². The number of hydrogen-bond donors (Lipinski definition) is 4. The van der Waals surface area contributed by atoms with Gasteiger partial charge in [-0.3, -0.25) is 9.59 Å². The molecule has 0 bridgehead atoms. The summed E-state index contributed by atoms with van der Waals surface area (Å²) in [6, 6.07) is 12.6. The third kappa shape index (κ3) is 6.97. The summed E-state index contributed by atoms with van der Waals surface area (Å²) in [6.45, 7) is 7.96. The predicted molar refractivity (Wildman–Crippen MR) is 174 cm³/mol. The van der Waals surface area contributed by atoms with Crippen molar-refractivity contribution in [3.8, 4) is 0 Å². The van der Waals surface area contributed by atoms with Crippen LogP contribution in [0.4, 0.5) is 21.8 Å². The normalized spacial score (nSPS) is 21.2. The van der Waals surface area contributed by atoms with Crippen molar-refractivity contribution in [1.29, 1.82) is 0 Å². The molecular weight excluding hydrogens is 587 g/mol. The Labute approximate surface area is 268 Å². The van der Waals surface area contributed by atoms with E-state index in [2.05, 4.69) is 42.8 Å². The van der Waals surface area contributed by atoms with Crippen LogP contribution in [0.2, 0.25) is 0 Å². The van der Waals surface area contributed by atoms with E-state index in [9.17, 15) is 19.1 Å². The lowest BCUT2D eigenvalue weighted by molar-refractivity contribution is 0.0779. The van der Waals surface area contributed by atoms with Gasteiger partial charge in [-0.05, 0) is 114 Å². The van der Waals surface area contributed by atoms with Gasteiger partial charge < -0.3 is 31.3 Å². The van der Waals surface area contributed by atoms with E-state index in [-0.39, 0.29) is 29.2 Å². The molecule has 2 amide bonds. The average molecular weight is 631 g/mol. The zero-order valence-electron chi connectivity index (χ0n) is 26.7. The molecule has 3 aromatic rings. The molecular formula is C34H43FN8O3. The van der Waals surface area contributed by atoms with Gasteiger partial charge in [0.2, 0.25) is 5.95 Å². The van der Waals surface area contributed by atoms with Crippen molar-refractivity contribution in [3.63, 3.8) is 0 Å². The van der Waals surface area contributed by atoms with Gasteiger partial charge in [0.15, 0.2) is 11.5 Å². The molecule has 2 aromatic carbocycles. The van der Waals surface area contributed by atoms with Gasteiger partial charge in [0.1, 0.15) is 5.82 Å². The van der Waals surface area contributed by atoms with E-state index in [0.717, 1.165) is 44.1 Å². The second-order valence-electron chi connectivity index (χ2n) is 13.4. The molecule has 46 heavy (non-hydrogen) atoms. The summed E-state index contributed by atoms with van der Waals surface area (Å²) in [7, 11) is 0. The van der Waals surface area contributed by atoms with Crippen molar-refractivity contribution >= 4 is 29.3 Å². The summed E-state index contributed by atoms with van der Waals surface area (Å²) in [4.78, 5) is 34.5.